The van der Waals surface area contributed by atoms with Gasteiger partial charge in [-0.3, -0.25) is 9.59 Å². The maximum atomic E-state index is 12.1. The molecule has 2 aromatic rings. The average molecular weight is 363 g/mol. The fraction of sp³-hybridized carbons (Fsp3) is 0.222. The summed E-state index contributed by atoms with van der Waals surface area (Å²) in [7, 11) is 3.02. The van der Waals surface area contributed by atoms with E-state index in [0.717, 1.165) is 0 Å². The second-order valence-electron chi connectivity index (χ2n) is 5.22. The number of hydrogen-bond donors (Lipinski definition) is 2. The Morgan fingerprint density at radius 3 is 2.24 bits per heavy atom. The number of Topliss-reactive ketones (excluding diaryl/α,β-unsaturated/α-hetero) is 1. The second kappa shape index (κ2) is 8.39. The third-order valence-electron chi connectivity index (χ3n) is 3.49. The summed E-state index contributed by atoms with van der Waals surface area (Å²) in [6.45, 7) is 1.51. The Bertz CT molecular complexity index is 775. The zero-order chi connectivity index (χ0) is 18.4. The van der Waals surface area contributed by atoms with Crippen molar-refractivity contribution in [2.45, 2.75) is 6.92 Å². The van der Waals surface area contributed by atoms with Crippen LogP contribution in [0.3, 0.4) is 0 Å². The molecule has 0 aliphatic carbocycles. The van der Waals surface area contributed by atoms with E-state index in [1.807, 2.05) is 0 Å². The summed E-state index contributed by atoms with van der Waals surface area (Å²) in [5.74, 6) is 0.712. The Kier molecular flexibility index (Phi) is 6.25. The number of halogens is 1. The van der Waals surface area contributed by atoms with Gasteiger partial charge in [0.25, 0.3) is 0 Å². The summed E-state index contributed by atoms with van der Waals surface area (Å²) in [6.07, 6.45) is 0. The highest BCUT2D eigenvalue weighted by atomic mass is 35.5. The molecule has 2 N–H and O–H groups in total. The summed E-state index contributed by atoms with van der Waals surface area (Å²) in [5.41, 5.74) is 1.79. The molecule has 0 saturated heterocycles. The van der Waals surface area contributed by atoms with Gasteiger partial charge in [0.2, 0.25) is 5.91 Å². The molecule has 0 spiro atoms. The molecular formula is C18H19ClN2O4. The predicted molar refractivity (Wildman–Crippen MR) is 98.1 cm³/mol. The molecule has 0 aliphatic rings. The van der Waals surface area contributed by atoms with Crippen LogP contribution in [-0.4, -0.2) is 32.5 Å². The Morgan fingerprint density at radius 1 is 1.04 bits per heavy atom. The van der Waals surface area contributed by atoms with E-state index in [1.165, 1.54) is 21.1 Å². The van der Waals surface area contributed by atoms with Gasteiger partial charge >= 0.3 is 0 Å². The summed E-state index contributed by atoms with van der Waals surface area (Å²) in [5, 5.41) is 6.15. The van der Waals surface area contributed by atoms with Crippen LogP contribution < -0.4 is 20.1 Å². The normalized spacial score (nSPS) is 10.1. The van der Waals surface area contributed by atoms with Crippen LogP contribution in [0.1, 0.15) is 17.3 Å². The molecule has 0 aromatic heterocycles. The minimum absolute atomic E-state index is 0.0234. The molecule has 2 aromatic carbocycles. The molecule has 0 atom stereocenters. The quantitative estimate of drug-likeness (QED) is 0.736. The number of anilines is 2. The van der Waals surface area contributed by atoms with Crippen molar-refractivity contribution in [2.75, 3.05) is 31.4 Å². The predicted octanol–water partition coefficient (Wildman–Crippen LogP) is 3.61. The average Bonchev–Trinajstić information content (AvgIpc) is 2.60. The number of carbonyl (C=O) groups excluding carboxylic acids is 2. The van der Waals surface area contributed by atoms with Crippen LogP contribution in [0.25, 0.3) is 0 Å². The van der Waals surface area contributed by atoms with Gasteiger partial charge in [0, 0.05) is 23.4 Å². The Balaban J connectivity index is 2.01. The van der Waals surface area contributed by atoms with E-state index in [1.54, 1.807) is 36.4 Å². The topological polar surface area (TPSA) is 76.7 Å². The zero-order valence-electron chi connectivity index (χ0n) is 14.2. The van der Waals surface area contributed by atoms with Crippen molar-refractivity contribution in [3.05, 3.63) is 47.0 Å². The van der Waals surface area contributed by atoms with Crippen LogP contribution in [0.4, 0.5) is 11.4 Å². The highest BCUT2D eigenvalue weighted by Crippen LogP contribution is 2.35. The highest BCUT2D eigenvalue weighted by Gasteiger charge is 2.11. The fourth-order valence-electron chi connectivity index (χ4n) is 2.17. The van der Waals surface area contributed by atoms with E-state index >= 15 is 0 Å². The first kappa shape index (κ1) is 18.6. The maximum Gasteiger partial charge on any atom is 0.243 e. The van der Waals surface area contributed by atoms with Gasteiger partial charge in [-0.05, 0) is 31.2 Å². The van der Waals surface area contributed by atoms with E-state index in [2.05, 4.69) is 10.6 Å². The lowest BCUT2D eigenvalue weighted by molar-refractivity contribution is -0.114. The van der Waals surface area contributed by atoms with Gasteiger partial charge in [-0.2, -0.15) is 0 Å². The van der Waals surface area contributed by atoms with Crippen LogP contribution in [0.2, 0.25) is 5.02 Å². The Morgan fingerprint density at radius 2 is 1.68 bits per heavy atom. The van der Waals surface area contributed by atoms with Gasteiger partial charge in [-0.15, -0.1) is 0 Å². The standard InChI is InChI=1S/C18H19ClN2O4/c1-11(22)12-4-6-13(7-5-12)21-18(23)10-20-15-9-16(24-2)14(19)8-17(15)25-3/h4-9,20H,10H2,1-3H3,(H,21,23). The lowest BCUT2D eigenvalue weighted by Crippen LogP contribution is -2.22. The molecule has 6 nitrogen and oxygen atoms in total. The Labute approximate surface area is 151 Å². The molecular weight excluding hydrogens is 344 g/mol. The van der Waals surface area contributed by atoms with Crippen LogP contribution in [0.15, 0.2) is 36.4 Å². The first-order chi connectivity index (χ1) is 11.9. The van der Waals surface area contributed by atoms with Crippen LogP contribution in [-0.2, 0) is 4.79 Å². The van der Waals surface area contributed by atoms with Crippen molar-refractivity contribution in [2.24, 2.45) is 0 Å². The first-order valence-electron chi connectivity index (χ1n) is 7.51. The van der Waals surface area contributed by atoms with Crippen molar-refractivity contribution in [3.8, 4) is 11.5 Å². The van der Waals surface area contributed by atoms with E-state index in [-0.39, 0.29) is 18.2 Å². The van der Waals surface area contributed by atoms with Gasteiger partial charge in [-0.1, -0.05) is 11.6 Å². The number of benzene rings is 2. The summed E-state index contributed by atoms with van der Waals surface area (Å²) in [4.78, 5) is 23.3. The molecule has 25 heavy (non-hydrogen) atoms. The van der Waals surface area contributed by atoms with E-state index in [4.69, 9.17) is 21.1 Å². The fourth-order valence-corrected chi connectivity index (χ4v) is 2.40. The molecule has 0 heterocycles. The number of methoxy groups -OCH3 is 2. The zero-order valence-corrected chi connectivity index (χ0v) is 14.9. The van der Waals surface area contributed by atoms with Crippen molar-refractivity contribution in [1.29, 1.82) is 0 Å². The number of hydrogen-bond acceptors (Lipinski definition) is 5. The van der Waals surface area contributed by atoms with Gasteiger partial charge in [-0.25, -0.2) is 0 Å². The van der Waals surface area contributed by atoms with Crippen molar-refractivity contribution < 1.29 is 19.1 Å². The van der Waals surface area contributed by atoms with E-state index in [9.17, 15) is 9.59 Å². The number of carbonyl (C=O) groups is 2. The van der Waals surface area contributed by atoms with E-state index < -0.39 is 0 Å². The minimum Gasteiger partial charge on any atom is -0.495 e. The van der Waals surface area contributed by atoms with Crippen molar-refractivity contribution >= 4 is 34.7 Å². The molecule has 0 fully saturated rings. The van der Waals surface area contributed by atoms with Gasteiger partial charge in [0.1, 0.15) is 11.5 Å². The van der Waals surface area contributed by atoms with Gasteiger partial charge in [0.15, 0.2) is 5.78 Å². The van der Waals surface area contributed by atoms with Gasteiger partial charge < -0.3 is 20.1 Å². The molecule has 132 valence electrons. The van der Waals surface area contributed by atoms with E-state index in [0.29, 0.717) is 33.5 Å². The molecule has 0 unspecified atom stereocenters. The highest BCUT2D eigenvalue weighted by molar-refractivity contribution is 6.32. The summed E-state index contributed by atoms with van der Waals surface area (Å²) >= 11 is 6.05. The monoisotopic (exact) mass is 362 g/mol. The number of rotatable bonds is 7. The summed E-state index contributed by atoms with van der Waals surface area (Å²) in [6, 6.07) is 9.97. The minimum atomic E-state index is -0.244. The molecule has 1 amide bonds. The molecule has 0 aliphatic heterocycles. The number of ether oxygens (including phenoxy) is 2. The van der Waals surface area contributed by atoms with Crippen molar-refractivity contribution in [1.82, 2.24) is 0 Å². The SMILES string of the molecule is COc1cc(NCC(=O)Nc2ccc(C(C)=O)cc2)c(OC)cc1Cl. The molecule has 2 rings (SSSR count). The van der Waals surface area contributed by atoms with Crippen molar-refractivity contribution in [3.63, 3.8) is 0 Å². The molecule has 0 saturated carbocycles. The molecule has 7 heteroatoms. The number of amides is 1. The smallest absolute Gasteiger partial charge is 0.243 e. The lowest BCUT2D eigenvalue weighted by atomic mass is 10.1. The first-order valence-corrected chi connectivity index (χ1v) is 7.88. The molecule has 0 bridgehead atoms. The van der Waals surface area contributed by atoms with Crippen LogP contribution in [0.5, 0.6) is 11.5 Å². The lowest BCUT2D eigenvalue weighted by Gasteiger charge is -2.14. The largest absolute Gasteiger partial charge is 0.495 e. The van der Waals surface area contributed by atoms with Gasteiger partial charge in [0.05, 0.1) is 31.5 Å². The number of nitrogens with one attached hydrogen (secondary N) is 2. The second-order valence-corrected chi connectivity index (χ2v) is 5.63. The third-order valence-corrected chi connectivity index (χ3v) is 3.78. The van der Waals surface area contributed by atoms with Crippen LogP contribution >= 0.6 is 11.6 Å². The summed E-state index contributed by atoms with van der Waals surface area (Å²) < 4.78 is 10.4. The van der Waals surface area contributed by atoms with Crippen LogP contribution in [0, 0.1) is 0 Å². The Hall–Kier alpha value is -2.73. The number of ketones is 1. The maximum absolute atomic E-state index is 12.1. The molecule has 0 radical (unpaired) electrons. The third kappa shape index (κ3) is 4.87.